The van der Waals surface area contributed by atoms with Crippen LogP contribution in [0.4, 0.5) is 0 Å². The molecular formula is C9H18ClNO3S. The van der Waals surface area contributed by atoms with Gasteiger partial charge < -0.3 is 0 Å². The third kappa shape index (κ3) is 4.09. The number of hydrogen-bond acceptors (Lipinski definition) is 3. The number of nitrogens with zero attached hydrogens (tertiary/aromatic N) is 1. The Balaban J connectivity index is 4.86. The highest BCUT2D eigenvalue weighted by Crippen LogP contribution is 2.22. The molecule has 0 aromatic rings. The number of carbonyl (C=O) groups is 1. The van der Waals surface area contributed by atoms with Crippen molar-refractivity contribution in [1.29, 1.82) is 0 Å². The van der Waals surface area contributed by atoms with Gasteiger partial charge in [0.05, 0.1) is 11.2 Å². The topological polar surface area (TPSA) is 54.5 Å². The maximum atomic E-state index is 11.8. The third-order valence-corrected chi connectivity index (χ3v) is 5.08. The van der Waals surface area contributed by atoms with Crippen molar-refractivity contribution in [3.63, 3.8) is 0 Å². The van der Waals surface area contributed by atoms with Crippen LogP contribution < -0.4 is 0 Å². The van der Waals surface area contributed by atoms with Crippen LogP contribution in [0.3, 0.4) is 0 Å². The summed E-state index contributed by atoms with van der Waals surface area (Å²) < 4.78 is 25.0. The second kappa shape index (κ2) is 5.27. The molecule has 0 aliphatic heterocycles. The largest absolute Gasteiger partial charge is 0.281 e. The molecule has 0 aliphatic carbocycles. The first-order valence-electron chi connectivity index (χ1n) is 4.85. The lowest BCUT2D eigenvalue weighted by atomic mass is 9.99. The number of halogens is 1. The Morgan fingerprint density at radius 2 is 1.67 bits per heavy atom. The quantitative estimate of drug-likeness (QED) is 0.675. The Labute approximate surface area is 96.6 Å². The van der Waals surface area contributed by atoms with Crippen LogP contribution in [0.1, 0.15) is 27.7 Å². The summed E-state index contributed by atoms with van der Waals surface area (Å²) in [6, 6.07) is 0. The van der Waals surface area contributed by atoms with Crippen molar-refractivity contribution in [3.05, 3.63) is 0 Å². The van der Waals surface area contributed by atoms with E-state index in [-0.39, 0.29) is 5.75 Å². The summed E-state index contributed by atoms with van der Waals surface area (Å²) in [4.78, 5) is 11.0. The minimum atomic E-state index is -3.40. The Bertz CT molecular complexity index is 320. The van der Waals surface area contributed by atoms with Gasteiger partial charge in [-0.15, -0.1) is 0 Å². The second-order valence-electron chi connectivity index (χ2n) is 4.00. The van der Waals surface area contributed by atoms with E-state index in [9.17, 15) is 13.2 Å². The lowest BCUT2D eigenvalue weighted by Gasteiger charge is -2.25. The van der Waals surface area contributed by atoms with Gasteiger partial charge in [-0.2, -0.15) is 0 Å². The molecular weight excluding hydrogens is 238 g/mol. The molecule has 0 aliphatic rings. The fourth-order valence-corrected chi connectivity index (χ4v) is 3.38. The summed E-state index contributed by atoms with van der Waals surface area (Å²) in [5.41, 5.74) is -1.04. The summed E-state index contributed by atoms with van der Waals surface area (Å²) in [6.07, 6.45) is 0. The number of rotatable bonds is 6. The van der Waals surface area contributed by atoms with Crippen LogP contribution in [0.25, 0.3) is 0 Å². The molecule has 0 unspecified atom stereocenters. The van der Waals surface area contributed by atoms with Gasteiger partial charge in [0.25, 0.3) is 0 Å². The molecule has 0 heterocycles. The highest BCUT2D eigenvalue weighted by molar-refractivity contribution is 7.89. The fraction of sp³-hybridized carbons (Fsp3) is 0.889. The molecule has 0 amide bonds. The van der Waals surface area contributed by atoms with E-state index in [1.54, 1.807) is 13.8 Å². The first-order chi connectivity index (χ1) is 6.67. The lowest BCUT2D eigenvalue weighted by molar-refractivity contribution is -0.118. The lowest BCUT2D eigenvalue weighted by Crippen LogP contribution is -2.39. The summed E-state index contributed by atoms with van der Waals surface area (Å²) in [6.45, 7) is 7.40. The molecule has 90 valence electrons. The van der Waals surface area contributed by atoms with Gasteiger partial charge in [-0.3, -0.25) is 4.79 Å². The van der Waals surface area contributed by atoms with Crippen molar-refractivity contribution in [2.45, 2.75) is 27.7 Å². The van der Waals surface area contributed by atoms with Crippen molar-refractivity contribution in [3.8, 4) is 0 Å². The molecule has 15 heavy (non-hydrogen) atoms. The molecule has 0 saturated carbocycles. The third-order valence-electron chi connectivity index (χ3n) is 2.17. The van der Waals surface area contributed by atoms with Gasteiger partial charge in [0.15, 0.2) is 0 Å². The van der Waals surface area contributed by atoms with Crippen LogP contribution in [0.15, 0.2) is 0 Å². The minimum Gasteiger partial charge on any atom is -0.281 e. The second-order valence-corrected chi connectivity index (χ2v) is 6.31. The molecule has 0 radical (unpaired) electrons. The van der Waals surface area contributed by atoms with Gasteiger partial charge in [-0.25, -0.2) is 12.7 Å². The van der Waals surface area contributed by atoms with Crippen molar-refractivity contribution in [1.82, 2.24) is 4.31 Å². The minimum absolute atomic E-state index is 0.246. The fourth-order valence-electron chi connectivity index (χ4n) is 1.22. The molecule has 4 nitrogen and oxygen atoms in total. The predicted octanol–water partition coefficient (Wildman–Crippen LogP) is 1.45. The number of sulfonamides is 1. The van der Waals surface area contributed by atoms with Crippen LogP contribution in [0, 0.1) is 5.41 Å². The van der Waals surface area contributed by atoms with Crippen LogP contribution in [0.2, 0.25) is 0 Å². The molecule has 0 bridgehead atoms. The van der Waals surface area contributed by atoms with Crippen molar-refractivity contribution in [2.24, 2.45) is 5.41 Å². The van der Waals surface area contributed by atoms with Gasteiger partial charge >= 0.3 is 0 Å². The number of carbonyl (C=O) groups excluding carboxylic acids is 1. The van der Waals surface area contributed by atoms with Crippen LogP contribution in [-0.2, 0) is 14.8 Å². The molecule has 0 spiro atoms. The molecule has 0 saturated heterocycles. The molecule has 0 aromatic carbocycles. The van der Waals surface area contributed by atoms with E-state index < -0.39 is 20.7 Å². The maximum Gasteiger partial charge on any atom is 0.228 e. The Morgan fingerprint density at radius 1 is 1.27 bits per heavy atom. The average molecular weight is 256 g/mol. The zero-order chi connectivity index (χ0) is 12.3. The van der Waals surface area contributed by atoms with Crippen molar-refractivity contribution >= 4 is 26.9 Å². The molecule has 0 rings (SSSR count). The molecule has 0 atom stereocenters. The van der Waals surface area contributed by atoms with Gasteiger partial charge in [-0.1, -0.05) is 27.7 Å². The number of hydrogen-bond donors (Lipinski definition) is 0. The summed E-state index contributed by atoms with van der Waals surface area (Å²) >= 11 is 5.34. The van der Waals surface area contributed by atoms with E-state index in [1.165, 1.54) is 18.2 Å². The normalized spacial score (nSPS) is 13.2. The van der Waals surface area contributed by atoms with E-state index in [0.29, 0.717) is 13.1 Å². The monoisotopic (exact) mass is 255 g/mol. The van der Waals surface area contributed by atoms with E-state index in [1.807, 2.05) is 0 Å². The molecule has 0 fully saturated rings. The van der Waals surface area contributed by atoms with Crippen molar-refractivity contribution in [2.75, 3.05) is 18.8 Å². The SMILES string of the molecule is CCN(CC)S(=O)(=O)CC(C)(C)C(=O)Cl. The van der Waals surface area contributed by atoms with E-state index in [0.717, 1.165) is 0 Å². The summed E-state index contributed by atoms with van der Waals surface area (Å²) in [5.74, 6) is -0.246. The highest BCUT2D eigenvalue weighted by Gasteiger charge is 2.34. The Morgan fingerprint density at radius 3 is 1.93 bits per heavy atom. The van der Waals surface area contributed by atoms with Crippen molar-refractivity contribution < 1.29 is 13.2 Å². The van der Waals surface area contributed by atoms with Gasteiger partial charge in [-0.05, 0) is 11.6 Å². The zero-order valence-corrected chi connectivity index (χ0v) is 11.2. The van der Waals surface area contributed by atoms with Crippen LogP contribution in [0.5, 0.6) is 0 Å². The molecule has 0 aromatic heterocycles. The van der Waals surface area contributed by atoms with E-state index in [2.05, 4.69) is 0 Å². The van der Waals surface area contributed by atoms with Gasteiger partial charge in [0, 0.05) is 13.1 Å². The maximum absolute atomic E-state index is 11.8. The van der Waals surface area contributed by atoms with Crippen LogP contribution in [-0.4, -0.2) is 36.8 Å². The van der Waals surface area contributed by atoms with Gasteiger partial charge in [0.2, 0.25) is 15.3 Å². The molecule has 6 heteroatoms. The Hall–Kier alpha value is -0.130. The van der Waals surface area contributed by atoms with E-state index in [4.69, 9.17) is 11.6 Å². The molecule has 0 N–H and O–H groups in total. The van der Waals surface area contributed by atoms with Crippen LogP contribution >= 0.6 is 11.6 Å². The highest BCUT2D eigenvalue weighted by atomic mass is 35.5. The standard InChI is InChI=1S/C9H18ClNO3S/c1-5-11(6-2)15(13,14)7-9(3,4)8(10)12/h5-7H2,1-4H3. The summed E-state index contributed by atoms with van der Waals surface area (Å²) in [5, 5.41) is -0.627. The smallest absolute Gasteiger partial charge is 0.228 e. The first kappa shape index (κ1) is 14.9. The zero-order valence-electron chi connectivity index (χ0n) is 9.58. The average Bonchev–Trinajstić information content (AvgIpc) is 2.03. The van der Waals surface area contributed by atoms with E-state index >= 15 is 0 Å². The van der Waals surface area contributed by atoms with Gasteiger partial charge in [0.1, 0.15) is 0 Å². The first-order valence-corrected chi connectivity index (χ1v) is 6.84. The summed E-state index contributed by atoms with van der Waals surface area (Å²) in [7, 11) is -3.40. The Kier molecular flexibility index (Phi) is 5.23. The predicted molar refractivity (Wildman–Crippen MR) is 61.3 cm³/mol.